The highest BCUT2D eigenvalue weighted by molar-refractivity contribution is 7.20. The Morgan fingerprint density at radius 2 is 1.61 bits per heavy atom. The van der Waals surface area contributed by atoms with Crippen molar-refractivity contribution in [1.29, 1.82) is 0 Å². The molecular weight excluding hydrogens is 428 g/mol. The number of hydrogen-bond donors (Lipinski definition) is 0. The second-order valence-electron chi connectivity index (χ2n) is 9.16. The van der Waals surface area contributed by atoms with E-state index < -0.39 is 0 Å². The van der Waals surface area contributed by atoms with Gasteiger partial charge in [0, 0.05) is 38.1 Å². The molecule has 0 radical (unpaired) electrons. The fourth-order valence-corrected chi connectivity index (χ4v) is 5.69. The summed E-state index contributed by atoms with van der Waals surface area (Å²) in [6.07, 6.45) is 0. The Morgan fingerprint density at radius 1 is 0.909 bits per heavy atom. The average molecular weight is 459 g/mol. The molecule has 170 valence electrons. The Labute approximate surface area is 199 Å². The van der Waals surface area contributed by atoms with E-state index in [1.807, 2.05) is 22.6 Å². The second-order valence-corrected chi connectivity index (χ2v) is 10.2. The average Bonchev–Trinajstić information content (AvgIpc) is 3.37. The van der Waals surface area contributed by atoms with Crippen molar-refractivity contribution in [2.24, 2.45) is 0 Å². The van der Waals surface area contributed by atoms with Gasteiger partial charge in [-0.05, 0) is 57.0 Å². The largest absolute Gasteiger partial charge is 0.335 e. The summed E-state index contributed by atoms with van der Waals surface area (Å²) in [5, 5.41) is 5.79. The number of aromatic nitrogens is 2. The predicted octanol–water partition coefficient (Wildman–Crippen LogP) is 5.28. The van der Waals surface area contributed by atoms with Crippen molar-refractivity contribution in [3.8, 4) is 5.69 Å². The van der Waals surface area contributed by atoms with E-state index >= 15 is 0 Å². The minimum absolute atomic E-state index is 0.136. The first-order valence-corrected chi connectivity index (χ1v) is 12.3. The van der Waals surface area contributed by atoms with E-state index in [0.29, 0.717) is 0 Å². The summed E-state index contributed by atoms with van der Waals surface area (Å²) < 4.78 is 1.97. The summed E-state index contributed by atoms with van der Waals surface area (Å²) in [5.41, 5.74) is 7.23. The minimum atomic E-state index is 0.136. The first-order valence-electron chi connectivity index (χ1n) is 11.5. The lowest BCUT2D eigenvalue weighted by molar-refractivity contribution is 0.0633. The summed E-state index contributed by atoms with van der Waals surface area (Å²) >= 11 is 1.55. The van der Waals surface area contributed by atoms with Crippen molar-refractivity contribution in [3.05, 3.63) is 81.4 Å². The number of fused-ring (bicyclic) bond motifs is 1. The number of hydrogen-bond acceptors (Lipinski definition) is 4. The summed E-state index contributed by atoms with van der Waals surface area (Å²) in [6, 6.07) is 17.0. The molecule has 1 fully saturated rings. The van der Waals surface area contributed by atoms with E-state index in [-0.39, 0.29) is 5.91 Å². The molecule has 1 amide bonds. The smallest absolute Gasteiger partial charge is 0.264 e. The van der Waals surface area contributed by atoms with Crippen LogP contribution in [0.1, 0.15) is 37.6 Å². The maximum Gasteiger partial charge on any atom is 0.264 e. The number of aryl methyl sites for hydroxylation is 4. The van der Waals surface area contributed by atoms with Crippen LogP contribution in [0.25, 0.3) is 15.9 Å². The van der Waals surface area contributed by atoms with Gasteiger partial charge < -0.3 is 4.90 Å². The fraction of sp³-hybridized carbons (Fsp3) is 0.333. The van der Waals surface area contributed by atoms with Crippen molar-refractivity contribution in [2.45, 2.75) is 34.2 Å². The topological polar surface area (TPSA) is 41.4 Å². The molecular formula is C27H30N4OS. The van der Waals surface area contributed by atoms with Crippen LogP contribution in [0.2, 0.25) is 0 Å². The van der Waals surface area contributed by atoms with Gasteiger partial charge in [0.25, 0.3) is 5.91 Å². The lowest BCUT2D eigenvalue weighted by Crippen LogP contribution is -2.48. The number of carbonyl (C=O) groups excluding carboxylic acids is 1. The SMILES string of the molecule is Cc1ccc(-n2nc(C)c3cc(C(=O)N4CCN(Cc5ccc(C)cc5C)CC4)sc32)cc1. The highest BCUT2D eigenvalue weighted by Gasteiger charge is 2.25. The van der Waals surface area contributed by atoms with Crippen LogP contribution >= 0.6 is 11.3 Å². The van der Waals surface area contributed by atoms with Gasteiger partial charge in [0.1, 0.15) is 4.83 Å². The molecule has 1 aliphatic rings. The Balaban J connectivity index is 1.29. The summed E-state index contributed by atoms with van der Waals surface area (Å²) in [6.45, 7) is 12.7. The van der Waals surface area contributed by atoms with Gasteiger partial charge in [-0.3, -0.25) is 9.69 Å². The minimum Gasteiger partial charge on any atom is -0.335 e. The molecule has 2 aromatic carbocycles. The molecule has 6 heteroatoms. The third-order valence-electron chi connectivity index (χ3n) is 6.59. The zero-order valence-electron chi connectivity index (χ0n) is 19.8. The number of nitrogens with zero attached hydrogens (tertiary/aromatic N) is 4. The van der Waals surface area contributed by atoms with Gasteiger partial charge in [-0.25, -0.2) is 4.68 Å². The number of amides is 1. The first kappa shape index (κ1) is 21.9. The van der Waals surface area contributed by atoms with Gasteiger partial charge >= 0.3 is 0 Å². The first-order chi connectivity index (χ1) is 15.9. The third-order valence-corrected chi connectivity index (χ3v) is 7.68. The van der Waals surface area contributed by atoms with Crippen LogP contribution in [-0.4, -0.2) is 51.7 Å². The van der Waals surface area contributed by atoms with E-state index in [9.17, 15) is 4.79 Å². The fourth-order valence-electron chi connectivity index (χ4n) is 4.54. The zero-order valence-corrected chi connectivity index (χ0v) is 20.6. The Kier molecular flexibility index (Phi) is 5.81. The van der Waals surface area contributed by atoms with Gasteiger partial charge in [0.05, 0.1) is 16.3 Å². The number of thiophene rings is 1. The van der Waals surface area contributed by atoms with Crippen LogP contribution in [0.5, 0.6) is 0 Å². The zero-order chi connectivity index (χ0) is 23.1. The number of rotatable bonds is 4. The molecule has 1 saturated heterocycles. The van der Waals surface area contributed by atoms with E-state index in [1.54, 1.807) is 11.3 Å². The van der Waals surface area contributed by atoms with Gasteiger partial charge in [-0.1, -0.05) is 41.5 Å². The quantitative estimate of drug-likeness (QED) is 0.418. The van der Waals surface area contributed by atoms with E-state index in [1.165, 1.54) is 22.3 Å². The molecule has 0 bridgehead atoms. The van der Waals surface area contributed by atoms with Crippen molar-refractivity contribution < 1.29 is 4.79 Å². The highest BCUT2D eigenvalue weighted by atomic mass is 32.1. The monoisotopic (exact) mass is 458 g/mol. The number of piperazine rings is 1. The maximum atomic E-state index is 13.3. The summed E-state index contributed by atoms with van der Waals surface area (Å²) in [7, 11) is 0. The Bertz CT molecular complexity index is 1310. The number of carbonyl (C=O) groups is 1. The van der Waals surface area contributed by atoms with Crippen LogP contribution < -0.4 is 0 Å². The lowest BCUT2D eigenvalue weighted by atomic mass is 10.1. The van der Waals surface area contributed by atoms with Crippen LogP contribution in [0, 0.1) is 27.7 Å². The molecule has 4 aromatic rings. The molecule has 0 aliphatic carbocycles. The molecule has 0 unspecified atom stereocenters. The van der Waals surface area contributed by atoms with E-state index in [0.717, 1.165) is 59.2 Å². The maximum absolute atomic E-state index is 13.3. The molecule has 0 atom stereocenters. The van der Waals surface area contributed by atoms with Crippen LogP contribution in [-0.2, 0) is 6.54 Å². The molecule has 5 nitrogen and oxygen atoms in total. The lowest BCUT2D eigenvalue weighted by Gasteiger charge is -2.34. The standard InChI is InChI=1S/C27H30N4OS/c1-18-6-9-23(10-7-18)31-27-24(21(4)28-31)16-25(33-27)26(32)30-13-11-29(12-14-30)17-22-8-5-19(2)15-20(22)3/h5-10,15-16H,11-14,17H2,1-4H3. The molecule has 3 heterocycles. The Morgan fingerprint density at radius 3 is 2.30 bits per heavy atom. The Hall–Kier alpha value is -2.96. The normalized spacial score (nSPS) is 14.8. The van der Waals surface area contributed by atoms with Gasteiger partial charge in [-0.2, -0.15) is 5.10 Å². The van der Waals surface area contributed by atoms with E-state index in [2.05, 4.69) is 68.1 Å². The van der Waals surface area contributed by atoms with Crippen LogP contribution in [0.3, 0.4) is 0 Å². The van der Waals surface area contributed by atoms with Crippen molar-refractivity contribution in [1.82, 2.24) is 19.6 Å². The molecule has 0 N–H and O–H groups in total. The van der Waals surface area contributed by atoms with Crippen LogP contribution in [0.4, 0.5) is 0 Å². The summed E-state index contributed by atoms with van der Waals surface area (Å²) in [5.74, 6) is 0.136. The van der Waals surface area contributed by atoms with Crippen molar-refractivity contribution in [3.63, 3.8) is 0 Å². The molecule has 0 saturated carbocycles. The highest BCUT2D eigenvalue weighted by Crippen LogP contribution is 2.31. The molecule has 33 heavy (non-hydrogen) atoms. The molecule has 2 aromatic heterocycles. The van der Waals surface area contributed by atoms with Gasteiger partial charge in [-0.15, -0.1) is 11.3 Å². The third kappa shape index (κ3) is 4.33. The predicted molar refractivity (Wildman–Crippen MR) is 136 cm³/mol. The molecule has 5 rings (SSSR count). The number of benzene rings is 2. The van der Waals surface area contributed by atoms with Crippen LogP contribution in [0.15, 0.2) is 48.5 Å². The van der Waals surface area contributed by atoms with Crippen molar-refractivity contribution in [2.75, 3.05) is 26.2 Å². The van der Waals surface area contributed by atoms with Crippen molar-refractivity contribution >= 4 is 27.5 Å². The molecule has 1 aliphatic heterocycles. The van der Waals surface area contributed by atoms with E-state index in [4.69, 9.17) is 5.10 Å². The summed E-state index contributed by atoms with van der Waals surface area (Å²) in [4.78, 5) is 19.6. The van der Waals surface area contributed by atoms with Gasteiger partial charge in [0.15, 0.2) is 0 Å². The second kappa shape index (κ2) is 8.76. The molecule has 0 spiro atoms. The van der Waals surface area contributed by atoms with Gasteiger partial charge in [0.2, 0.25) is 0 Å².